The summed E-state index contributed by atoms with van der Waals surface area (Å²) in [7, 11) is -2.84. The molecule has 0 saturated carbocycles. The molecular formula is C13H27N3O2S. The number of nitrogens with zero attached hydrogens (tertiary/aromatic N) is 1. The molecule has 19 heavy (non-hydrogen) atoms. The van der Waals surface area contributed by atoms with E-state index in [9.17, 15) is 8.42 Å². The van der Waals surface area contributed by atoms with Gasteiger partial charge in [0, 0.05) is 19.1 Å². The molecule has 0 bridgehead atoms. The van der Waals surface area contributed by atoms with E-state index in [2.05, 4.69) is 29.5 Å². The molecule has 0 aromatic heterocycles. The van der Waals surface area contributed by atoms with E-state index >= 15 is 0 Å². The molecule has 0 radical (unpaired) electrons. The number of hydrogen-bond acceptors (Lipinski definition) is 3. The lowest BCUT2D eigenvalue weighted by atomic mass is 10.1. The molecule has 1 rings (SSSR count). The van der Waals surface area contributed by atoms with E-state index in [1.54, 1.807) is 0 Å². The van der Waals surface area contributed by atoms with Crippen LogP contribution in [-0.4, -0.2) is 45.0 Å². The third-order valence-electron chi connectivity index (χ3n) is 3.13. The van der Waals surface area contributed by atoms with Gasteiger partial charge in [-0.3, -0.25) is 4.99 Å². The normalized spacial score (nSPS) is 22.7. The Kier molecular flexibility index (Phi) is 6.62. The standard InChI is InChI=1S/C13H27N3O2S/c1-4-14-13(15-8-5-6-11(2)3)16-12-7-9-19(17,18)10-12/h11-12H,4-10H2,1-3H3,(H2,14,15,16). The number of sulfone groups is 1. The first-order valence-corrected chi connectivity index (χ1v) is 9.00. The second kappa shape index (κ2) is 7.72. The van der Waals surface area contributed by atoms with Gasteiger partial charge in [-0.15, -0.1) is 0 Å². The molecule has 5 nitrogen and oxygen atoms in total. The molecule has 0 spiro atoms. The molecule has 1 saturated heterocycles. The minimum Gasteiger partial charge on any atom is -0.357 e. The fraction of sp³-hybridized carbons (Fsp3) is 0.923. The van der Waals surface area contributed by atoms with Crippen LogP contribution in [0.5, 0.6) is 0 Å². The third-order valence-corrected chi connectivity index (χ3v) is 4.89. The van der Waals surface area contributed by atoms with Crippen molar-refractivity contribution in [3.63, 3.8) is 0 Å². The van der Waals surface area contributed by atoms with Crippen molar-refractivity contribution in [2.24, 2.45) is 10.9 Å². The summed E-state index contributed by atoms with van der Waals surface area (Å²) in [6, 6.07) is 0.00731. The average molecular weight is 289 g/mol. The van der Waals surface area contributed by atoms with Crippen molar-refractivity contribution in [1.29, 1.82) is 0 Å². The van der Waals surface area contributed by atoms with Gasteiger partial charge < -0.3 is 10.6 Å². The summed E-state index contributed by atoms with van der Waals surface area (Å²) in [5, 5.41) is 6.39. The maximum Gasteiger partial charge on any atom is 0.191 e. The lowest BCUT2D eigenvalue weighted by Gasteiger charge is -2.15. The molecule has 1 unspecified atom stereocenters. The molecule has 0 amide bonds. The molecule has 112 valence electrons. The fourth-order valence-electron chi connectivity index (χ4n) is 2.11. The first kappa shape index (κ1) is 16.3. The number of aliphatic imine (C=N–C) groups is 1. The van der Waals surface area contributed by atoms with Crippen LogP contribution in [0.4, 0.5) is 0 Å². The molecule has 1 aliphatic heterocycles. The lowest BCUT2D eigenvalue weighted by molar-refractivity contribution is 0.559. The molecule has 2 N–H and O–H groups in total. The second-order valence-electron chi connectivity index (χ2n) is 5.54. The van der Waals surface area contributed by atoms with Crippen LogP contribution >= 0.6 is 0 Å². The lowest BCUT2D eigenvalue weighted by Crippen LogP contribution is -2.44. The maximum atomic E-state index is 11.4. The van der Waals surface area contributed by atoms with Crippen molar-refractivity contribution >= 4 is 15.8 Å². The van der Waals surface area contributed by atoms with E-state index in [0.717, 1.165) is 25.5 Å². The quantitative estimate of drug-likeness (QED) is 0.437. The minimum absolute atomic E-state index is 0.00731. The second-order valence-corrected chi connectivity index (χ2v) is 7.77. The van der Waals surface area contributed by atoms with Gasteiger partial charge in [-0.2, -0.15) is 0 Å². The molecule has 0 aromatic rings. The van der Waals surface area contributed by atoms with E-state index in [0.29, 0.717) is 12.3 Å². The van der Waals surface area contributed by atoms with Gasteiger partial charge in [-0.1, -0.05) is 13.8 Å². The van der Waals surface area contributed by atoms with E-state index in [1.807, 2.05) is 6.92 Å². The fourth-order valence-corrected chi connectivity index (χ4v) is 3.79. The minimum atomic E-state index is -2.84. The summed E-state index contributed by atoms with van der Waals surface area (Å²) in [4.78, 5) is 4.50. The van der Waals surface area contributed by atoms with Crippen LogP contribution in [0.1, 0.15) is 40.0 Å². The summed E-state index contributed by atoms with van der Waals surface area (Å²) in [6.45, 7) is 7.99. The van der Waals surface area contributed by atoms with Gasteiger partial charge in [-0.25, -0.2) is 8.42 Å². The number of rotatable bonds is 6. The number of hydrogen-bond donors (Lipinski definition) is 2. The molecule has 6 heteroatoms. The molecule has 1 heterocycles. The van der Waals surface area contributed by atoms with Crippen molar-refractivity contribution in [3.05, 3.63) is 0 Å². The van der Waals surface area contributed by atoms with E-state index in [4.69, 9.17) is 0 Å². The van der Waals surface area contributed by atoms with Crippen LogP contribution in [0.3, 0.4) is 0 Å². The van der Waals surface area contributed by atoms with Gasteiger partial charge in [0.1, 0.15) is 0 Å². The van der Waals surface area contributed by atoms with Gasteiger partial charge in [0.15, 0.2) is 15.8 Å². The van der Waals surface area contributed by atoms with Crippen LogP contribution in [0, 0.1) is 5.92 Å². The van der Waals surface area contributed by atoms with Gasteiger partial charge in [0.25, 0.3) is 0 Å². The molecule has 0 aromatic carbocycles. The van der Waals surface area contributed by atoms with Crippen molar-refractivity contribution in [2.45, 2.75) is 46.1 Å². The zero-order valence-electron chi connectivity index (χ0n) is 12.3. The molecule has 1 fully saturated rings. The smallest absolute Gasteiger partial charge is 0.191 e. The first-order valence-electron chi connectivity index (χ1n) is 7.18. The topological polar surface area (TPSA) is 70.6 Å². The average Bonchev–Trinajstić information content (AvgIpc) is 2.64. The Labute approximate surface area is 117 Å². The third kappa shape index (κ3) is 6.80. The predicted octanol–water partition coefficient (Wildman–Crippen LogP) is 1.16. The van der Waals surface area contributed by atoms with Crippen molar-refractivity contribution in [3.8, 4) is 0 Å². The highest BCUT2D eigenvalue weighted by molar-refractivity contribution is 7.91. The molecule has 1 aliphatic rings. The summed E-state index contributed by atoms with van der Waals surface area (Å²) in [6.07, 6.45) is 2.91. The van der Waals surface area contributed by atoms with Crippen molar-refractivity contribution in [1.82, 2.24) is 10.6 Å². The number of nitrogens with one attached hydrogen (secondary N) is 2. The van der Waals surface area contributed by atoms with Crippen LogP contribution in [0.15, 0.2) is 4.99 Å². The van der Waals surface area contributed by atoms with Gasteiger partial charge >= 0.3 is 0 Å². The maximum absolute atomic E-state index is 11.4. The molecule has 1 atom stereocenters. The molecular weight excluding hydrogens is 262 g/mol. The highest BCUT2D eigenvalue weighted by Crippen LogP contribution is 2.11. The van der Waals surface area contributed by atoms with Gasteiger partial charge in [-0.05, 0) is 32.1 Å². The van der Waals surface area contributed by atoms with E-state index in [-0.39, 0.29) is 17.5 Å². The Hall–Kier alpha value is -0.780. The Balaban J connectivity index is 2.41. The molecule has 0 aliphatic carbocycles. The largest absolute Gasteiger partial charge is 0.357 e. The zero-order chi connectivity index (χ0) is 14.3. The Morgan fingerprint density at radius 3 is 2.68 bits per heavy atom. The van der Waals surface area contributed by atoms with E-state index < -0.39 is 9.84 Å². The Bertz CT molecular complexity index is 391. The Morgan fingerprint density at radius 2 is 2.16 bits per heavy atom. The van der Waals surface area contributed by atoms with Crippen molar-refractivity contribution < 1.29 is 8.42 Å². The van der Waals surface area contributed by atoms with E-state index in [1.165, 1.54) is 6.42 Å². The summed E-state index contributed by atoms with van der Waals surface area (Å²) < 4.78 is 22.8. The highest BCUT2D eigenvalue weighted by atomic mass is 32.2. The number of guanidine groups is 1. The van der Waals surface area contributed by atoms with Crippen LogP contribution in [-0.2, 0) is 9.84 Å². The van der Waals surface area contributed by atoms with Gasteiger partial charge in [0.05, 0.1) is 11.5 Å². The highest BCUT2D eigenvalue weighted by Gasteiger charge is 2.28. The van der Waals surface area contributed by atoms with Crippen LogP contribution in [0.2, 0.25) is 0 Å². The first-order chi connectivity index (χ1) is 8.93. The van der Waals surface area contributed by atoms with Crippen molar-refractivity contribution in [2.75, 3.05) is 24.6 Å². The van der Waals surface area contributed by atoms with Crippen LogP contribution in [0.25, 0.3) is 0 Å². The predicted molar refractivity (Wildman–Crippen MR) is 80.2 cm³/mol. The monoisotopic (exact) mass is 289 g/mol. The van der Waals surface area contributed by atoms with Gasteiger partial charge in [0.2, 0.25) is 0 Å². The zero-order valence-corrected chi connectivity index (χ0v) is 13.1. The summed E-state index contributed by atoms with van der Waals surface area (Å²) in [5.74, 6) is 1.96. The van der Waals surface area contributed by atoms with Crippen LogP contribution < -0.4 is 10.6 Å². The summed E-state index contributed by atoms with van der Waals surface area (Å²) >= 11 is 0. The Morgan fingerprint density at radius 1 is 1.42 bits per heavy atom. The SMILES string of the molecule is CCNC(=NCCCC(C)C)NC1CCS(=O)(=O)C1. The summed E-state index contributed by atoms with van der Waals surface area (Å²) in [5.41, 5.74) is 0.